The van der Waals surface area contributed by atoms with E-state index >= 15 is 0 Å². The highest BCUT2D eigenvalue weighted by molar-refractivity contribution is 7.17. The van der Waals surface area contributed by atoms with Crippen LogP contribution in [-0.2, 0) is 4.79 Å². The second-order valence-electron chi connectivity index (χ2n) is 5.69. The van der Waals surface area contributed by atoms with Crippen LogP contribution in [0.3, 0.4) is 0 Å². The van der Waals surface area contributed by atoms with Crippen LogP contribution in [-0.4, -0.2) is 33.4 Å². The zero-order valence-electron chi connectivity index (χ0n) is 14.5. The van der Waals surface area contributed by atoms with Crippen LogP contribution >= 0.6 is 22.9 Å². The van der Waals surface area contributed by atoms with Crippen LogP contribution in [0.5, 0.6) is 5.75 Å². The Morgan fingerprint density at radius 3 is 2.77 bits per heavy atom. The molecular weight excluding hydrogens is 376 g/mol. The molecule has 3 rings (SSSR count). The third-order valence-corrected chi connectivity index (χ3v) is 5.22. The molecule has 1 amide bonds. The fourth-order valence-electron chi connectivity index (χ4n) is 2.44. The van der Waals surface area contributed by atoms with Gasteiger partial charge in [-0.25, -0.2) is 4.52 Å². The largest absolute Gasteiger partial charge is 0.496 e. The fraction of sp³-hybridized carbons (Fsp3) is 0.294. The lowest BCUT2D eigenvalue weighted by atomic mass is 10.1. The molecule has 0 aliphatic rings. The van der Waals surface area contributed by atoms with E-state index < -0.39 is 0 Å². The van der Waals surface area contributed by atoms with Gasteiger partial charge in [-0.3, -0.25) is 14.9 Å². The van der Waals surface area contributed by atoms with Crippen molar-refractivity contribution in [3.05, 3.63) is 39.4 Å². The maximum atomic E-state index is 12.4. The molecule has 0 unspecified atom stereocenters. The van der Waals surface area contributed by atoms with E-state index in [1.807, 2.05) is 13.8 Å². The third kappa shape index (κ3) is 3.71. The topological polar surface area (TPSA) is 85.6 Å². The minimum atomic E-state index is -0.327. The van der Waals surface area contributed by atoms with Crippen molar-refractivity contribution < 1.29 is 14.3 Å². The molecule has 3 aromatic rings. The highest BCUT2D eigenvalue weighted by atomic mass is 35.5. The molecule has 0 spiro atoms. The van der Waals surface area contributed by atoms with Crippen molar-refractivity contribution in [1.29, 1.82) is 0 Å². The Kier molecular flexibility index (Phi) is 5.24. The maximum Gasteiger partial charge on any atom is 0.250 e. The van der Waals surface area contributed by atoms with Crippen molar-refractivity contribution >= 4 is 45.5 Å². The van der Waals surface area contributed by atoms with Crippen LogP contribution in [0.15, 0.2) is 18.2 Å². The number of halogens is 1. The number of hydrogen-bond acceptors (Lipinski definition) is 6. The Bertz CT molecular complexity index is 995. The highest BCUT2D eigenvalue weighted by Gasteiger charge is 2.16. The van der Waals surface area contributed by atoms with Crippen molar-refractivity contribution in [3.63, 3.8) is 0 Å². The van der Waals surface area contributed by atoms with E-state index in [0.717, 1.165) is 15.5 Å². The minimum absolute atomic E-state index is 0.0133. The number of methoxy groups -OCH3 is 1. The summed E-state index contributed by atoms with van der Waals surface area (Å²) in [4.78, 5) is 30.6. The van der Waals surface area contributed by atoms with Gasteiger partial charge in [-0.15, -0.1) is 5.10 Å². The van der Waals surface area contributed by atoms with Gasteiger partial charge in [-0.05, 0) is 32.0 Å². The zero-order chi connectivity index (χ0) is 18.8. The number of Topliss-reactive ketones (excluding diaryl/α,β-unsaturated/α-hetero) is 1. The van der Waals surface area contributed by atoms with Gasteiger partial charge >= 0.3 is 0 Å². The summed E-state index contributed by atoms with van der Waals surface area (Å²) < 4.78 is 6.86. The van der Waals surface area contributed by atoms with E-state index in [2.05, 4.69) is 15.4 Å². The molecule has 0 saturated heterocycles. The molecule has 26 heavy (non-hydrogen) atoms. The van der Waals surface area contributed by atoms with Crippen molar-refractivity contribution in [2.24, 2.45) is 0 Å². The lowest BCUT2D eigenvalue weighted by Crippen LogP contribution is -2.15. The number of aromatic nitrogens is 3. The highest BCUT2D eigenvalue weighted by Crippen LogP contribution is 2.24. The van der Waals surface area contributed by atoms with Crippen LogP contribution in [0.25, 0.3) is 4.96 Å². The van der Waals surface area contributed by atoms with Gasteiger partial charge in [0.1, 0.15) is 5.75 Å². The molecule has 0 atom stereocenters. The van der Waals surface area contributed by atoms with Crippen LogP contribution in [0.4, 0.5) is 5.95 Å². The van der Waals surface area contributed by atoms with Gasteiger partial charge in [0.2, 0.25) is 16.8 Å². The van der Waals surface area contributed by atoms with E-state index in [9.17, 15) is 9.59 Å². The number of carbonyl (C=O) groups excluding carboxylic acids is 2. The molecule has 1 N–H and O–H groups in total. The molecule has 0 fully saturated rings. The van der Waals surface area contributed by atoms with E-state index in [-0.39, 0.29) is 30.5 Å². The van der Waals surface area contributed by atoms with E-state index in [1.54, 1.807) is 16.6 Å². The number of anilines is 1. The maximum absolute atomic E-state index is 12.4. The van der Waals surface area contributed by atoms with E-state index in [4.69, 9.17) is 16.3 Å². The number of ketones is 1. The molecule has 0 radical (unpaired) electrons. The summed E-state index contributed by atoms with van der Waals surface area (Å²) in [7, 11) is 1.48. The summed E-state index contributed by atoms with van der Waals surface area (Å²) in [5, 5.41) is 7.32. The van der Waals surface area contributed by atoms with Gasteiger partial charge in [0, 0.05) is 22.7 Å². The second kappa shape index (κ2) is 7.43. The predicted molar refractivity (Wildman–Crippen MR) is 101 cm³/mol. The molecule has 0 saturated carbocycles. The van der Waals surface area contributed by atoms with Crippen LogP contribution in [0, 0.1) is 13.8 Å². The van der Waals surface area contributed by atoms with Crippen molar-refractivity contribution in [1.82, 2.24) is 14.6 Å². The first kappa shape index (κ1) is 18.3. The second-order valence-corrected chi connectivity index (χ2v) is 7.31. The molecule has 7 nitrogen and oxygen atoms in total. The number of rotatable bonds is 6. The molecule has 0 bridgehead atoms. The summed E-state index contributed by atoms with van der Waals surface area (Å²) in [6.07, 6.45) is 0.0439. The van der Waals surface area contributed by atoms with Crippen LogP contribution < -0.4 is 10.1 Å². The van der Waals surface area contributed by atoms with Gasteiger partial charge in [0.05, 0.1) is 18.4 Å². The molecule has 2 aromatic heterocycles. The summed E-state index contributed by atoms with van der Waals surface area (Å²) in [6.45, 7) is 3.93. The van der Waals surface area contributed by atoms with Gasteiger partial charge in [0.15, 0.2) is 5.78 Å². The van der Waals surface area contributed by atoms with Crippen molar-refractivity contribution in [2.75, 3.05) is 12.4 Å². The quantitative estimate of drug-likeness (QED) is 0.647. The first-order valence-electron chi connectivity index (χ1n) is 7.88. The summed E-state index contributed by atoms with van der Waals surface area (Å²) in [5.41, 5.74) is 1.35. The number of aryl methyl sites for hydroxylation is 2. The Morgan fingerprint density at radius 1 is 1.31 bits per heavy atom. The number of nitrogens with zero attached hydrogens (tertiary/aromatic N) is 3. The van der Waals surface area contributed by atoms with E-state index in [0.29, 0.717) is 16.3 Å². The number of nitrogens with one attached hydrogen (secondary N) is 1. The molecule has 136 valence electrons. The number of benzene rings is 1. The van der Waals surface area contributed by atoms with Crippen LogP contribution in [0.1, 0.15) is 33.8 Å². The predicted octanol–water partition coefficient (Wildman–Crippen LogP) is 3.67. The van der Waals surface area contributed by atoms with Gasteiger partial charge in [-0.2, -0.15) is 4.98 Å². The minimum Gasteiger partial charge on any atom is -0.496 e. The SMILES string of the molecule is COc1ccc(Cl)cc1C(=O)CCC(=O)Nc1nc2sc(C)c(C)n2n1. The Labute approximate surface area is 158 Å². The first-order chi connectivity index (χ1) is 12.4. The number of fused-ring (bicyclic) bond motifs is 1. The van der Waals surface area contributed by atoms with Gasteiger partial charge in [0.25, 0.3) is 0 Å². The van der Waals surface area contributed by atoms with E-state index in [1.165, 1.54) is 24.5 Å². The number of thiazole rings is 1. The Hall–Kier alpha value is -2.45. The molecule has 2 heterocycles. The van der Waals surface area contributed by atoms with Crippen molar-refractivity contribution in [2.45, 2.75) is 26.7 Å². The number of hydrogen-bond donors (Lipinski definition) is 1. The third-order valence-electron chi connectivity index (χ3n) is 3.94. The monoisotopic (exact) mass is 392 g/mol. The molecule has 0 aliphatic heterocycles. The normalized spacial score (nSPS) is 10.9. The average Bonchev–Trinajstić information content (AvgIpc) is 3.11. The summed E-state index contributed by atoms with van der Waals surface area (Å²) >= 11 is 7.44. The molecule has 9 heteroatoms. The standard InChI is InChI=1S/C17H17ClN4O3S/c1-9-10(2)26-17-20-16(21-22(9)17)19-15(24)7-5-13(23)12-8-11(18)4-6-14(12)25-3/h4,6,8H,5,7H2,1-3H3,(H,19,21,24). The molecular formula is C17H17ClN4O3S. The van der Waals surface area contributed by atoms with Crippen LogP contribution in [0.2, 0.25) is 5.02 Å². The molecule has 0 aliphatic carbocycles. The smallest absolute Gasteiger partial charge is 0.250 e. The van der Waals surface area contributed by atoms with Gasteiger partial charge < -0.3 is 4.74 Å². The first-order valence-corrected chi connectivity index (χ1v) is 9.08. The zero-order valence-corrected chi connectivity index (χ0v) is 16.1. The van der Waals surface area contributed by atoms with Gasteiger partial charge in [-0.1, -0.05) is 22.9 Å². The number of ether oxygens (including phenoxy) is 1. The molecule has 1 aromatic carbocycles. The van der Waals surface area contributed by atoms with Crippen molar-refractivity contribution in [3.8, 4) is 5.75 Å². The summed E-state index contributed by atoms with van der Waals surface area (Å²) in [5.74, 6) is 0.121. The Morgan fingerprint density at radius 2 is 2.08 bits per heavy atom. The lowest BCUT2D eigenvalue weighted by Gasteiger charge is -2.08. The summed E-state index contributed by atoms with van der Waals surface area (Å²) in [6, 6.07) is 4.81. The lowest BCUT2D eigenvalue weighted by molar-refractivity contribution is -0.116. The number of amides is 1. The Balaban J connectivity index is 1.63. The average molecular weight is 393 g/mol. The number of carbonyl (C=O) groups is 2. The fourth-order valence-corrected chi connectivity index (χ4v) is 3.52.